The van der Waals surface area contributed by atoms with Gasteiger partial charge in [0.15, 0.2) is 0 Å². The Kier molecular flexibility index (Phi) is 3.99. The van der Waals surface area contributed by atoms with E-state index in [-0.39, 0.29) is 5.97 Å². The zero-order valence-corrected chi connectivity index (χ0v) is 11.1. The van der Waals surface area contributed by atoms with Crippen molar-refractivity contribution < 1.29 is 14.3 Å². The van der Waals surface area contributed by atoms with Crippen LogP contribution in [0.15, 0.2) is 35.7 Å². The van der Waals surface area contributed by atoms with E-state index in [1.165, 1.54) is 0 Å². The van der Waals surface area contributed by atoms with Gasteiger partial charge in [-0.05, 0) is 36.1 Å². The molecule has 2 rings (SSSR count). The number of hydrogen-bond acceptors (Lipinski definition) is 4. The molecule has 94 valence electrons. The van der Waals surface area contributed by atoms with Gasteiger partial charge in [-0.15, -0.1) is 11.3 Å². The van der Waals surface area contributed by atoms with Gasteiger partial charge in [0.2, 0.25) is 0 Å². The van der Waals surface area contributed by atoms with Crippen molar-refractivity contribution in [2.45, 2.75) is 6.92 Å². The second-order valence-electron chi connectivity index (χ2n) is 3.62. The van der Waals surface area contributed by atoms with Gasteiger partial charge >= 0.3 is 5.97 Å². The van der Waals surface area contributed by atoms with Crippen LogP contribution in [0, 0.1) is 0 Å². The third kappa shape index (κ3) is 2.54. The highest BCUT2D eigenvalue weighted by Gasteiger charge is 2.09. The lowest BCUT2D eigenvalue weighted by molar-refractivity contribution is 0.0526. The minimum atomic E-state index is -0.290. The molecule has 0 aliphatic rings. The summed E-state index contributed by atoms with van der Waals surface area (Å²) in [6.07, 6.45) is 0. The van der Waals surface area contributed by atoms with Crippen molar-refractivity contribution in [2.24, 2.45) is 0 Å². The van der Waals surface area contributed by atoms with E-state index in [1.54, 1.807) is 37.5 Å². The summed E-state index contributed by atoms with van der Waals surface area (Å²) in [7, 11) is 1.65. The second-order valence-corrected chi connectivity index (χ2v) is 4.53. The molecule has 0 N–H and O–H groups in total. The summed E-state index contributed by atoms with van der Waals surface area (Å²) >= 11 is 1.61. The molecule has 0 aliphatic carbocycles. The molecule has 0 radical (unpaired) electrons. The lowest BCUT2D eigenvalue weighted by Gasteiger charge is -2.04. The number of methoxy groups -OCH3 is 1. The lowest BCUT2D eigenvalue weighted by atomic mass is 10.1. The zero-order valence-electron chi connectivity index (χ0n) is 10.3. The molecule has 18 heavy (non-hydrogen) atoms. The third-order valence-corrected chi connectivity index (χ3v) is 3.45. The molecule has 0 bridgehead atoms. The fourth-order valence-corrected chi connectivity index (χ4v) is 2.51. The number of carbonyl (C=O) groups excluding carboxylic acids is 1. The molecule has 0 unspecified atom stereocenters. The van der Waals surface area contributed by atoms with E-state index in [9.17, 15) is 4.79 Å². The number of carbonyl (C=O) groups is 1. The Bertz CT molecular complexity index is 528. The van der Waals surface area contributed by atoms with Gasteiger partial charge in [0.1, 0.15) is 5.75 Å². The number of esters is 1. The molecule has 0 atom stereocenters. The highest BCUT2D eigenvalue weighted by Crippen LogP contribution is 2.35. The van der Waals surface area contributed by atoms with Gasteiger partial charge < -0.3 is 9.47 Å². The largest absolute Gasteiger partial charge is 0.495 e. The molecule has 2 aromatic rings. The van der Waals surface area contributed by atoms with Crippen LogP contribution in [0.5, 0.6) is 5.75 Å². The van der Waals surface area contributed by atoms with E-state index in [0.29, 0.717) is 12.2 Å². The number of rotatable bonds is 4. The van der Waals surface area contributed by atoms with Crippen molar-refractivity contribution in [1.82, 2.24) is 0 Å². The molecule has 3 nitrogen and oxygen atoms in total. The smallest absolute Gasteiger partial charge is 0.338 e. The van der Waals surface area contributed by atoms with Crippen LogP contribution in [0.2, 0.25) is 0 Å². The molecule has 0 fully saturated rings. The zero-order chi connectivity index (χ0) is 13.0. The topological polar surface area (TPSA) is 35.5 Å². The van der Waals surface area contributed by atoms with Crippen LogP contribution in [0.1, 0.15) is 17.3 Å². The monoisotopic (exact) mass is 262 g/mol. The number of ether oxygens (including phenoxy) is 2. The standard InChI is InChI=1S/C14H14O3S/c1-3-17-14(15)11-6-4-10(5-7-11)13-12(16-2)8-9-18-13/h4-9H,3H2,1-2H3. The number of benzene rings is 1. The van der Waals surface area contributed by atoms with Crippen LogP contribution >= 0.6 is 11.3 Å². The molecular weight excluding hydrogens is 248 g/mol. The van der Waals surface area contributed by atoms with Gasteiger partial charge in [0.05, 0.1) is 24.2 Å². The number of thiophene rings is 1. The minimum Gasteiger partial charge on any atom is -0.495 e. The van der Waals surface area contributed by atoms with Gasteiger partial charge in [-0.25, -0.2) is 4.79 Å². The van der Waals surface area contributed by atoms with Gasteiger partial charge in [-0.3, -0.25) is 0 Å². The summed E-state index contributed by atoms with van der Waals surface area (Å²) in [4.78, 5) is 12.6. The average molecular weight is 262 g/mol. The van der Waals surface area contributed by atoms with Crippen molar-refractivity contribution in [3.8, 4) is 16.2 Å². The molecule has 0 spiro atoms. The first-order chi connectivity index (χ1) is 8.76. The SMILES string of the molecule is CCOC(=O)c1ccc(-c2sccc2OC)cc1. The lowest BCUT2D eigenvalue weighted by Crippen LogP contribution is -2.03. The Labute approximate surface area is 110 Å². The maximum atomic E-state index is 11.5. The molecule has 0 aliphatic heterocycles. The summed E-state index contributed by atoms with van der Waals surface area (Å²) in [5, 5.41) is 1.98. The first-order valence-corrected chi connectivity index (χ1v) is 6.53. The quantitative estimate of drug-likeness (QED) is 0.790. The van der Waals surface area contributed by atoms with E-state index in [0.717, 1.165) is 16.2 Å². The van der Waals surface area contributed by atoms with Crippen LogP contribution in [-0.2, 0) is 4.74 Å². The third-order valence-electron chi connectivity index (χ3n) is 2.51. The molecule has 1 aromatic carbocycles. The highest BCUT2D eigenvalue weighted by molar-refractivity contribution is 7.14. The summed E-state index contributed by atoms with van der Waals surface area (Å²) in [6, 6.07) is 9.28. The Hall–Kier alpha value is -1.81. The molecule has 0 amide bonds. The highest BCUT2D eigenvalue weighted by atomic mass is 32.1. The number of hydrogen-bond donors (Lipinski definition) is 0. The van der Waals surface area contributed by atoms with Crippen LogP contribution in [0.3, 0.4) is 0 Å². The van der Waals surface area contributed by atoms with E-state index in [2.05, 4.69) is 0 Å². The van der Waals surface area contributed by atoms with Gasteiger partial charge in [-0.2, -0.15) is 0 Å². The van der Waals surface area contributed by atoms with Crippen LogP contribution in [0.4, 0.5) is 0 Å². The van der Waals surface area contributed by atoms with Crippen LogP contribution in [-0.4, -0.2) is 19.7 Å². The first-order valence-electron chi connectivity index (χ1n) is 5.65. The first kappa shape index (κ1) is 12.6. The van der Waals surface area contributed by atoms with Crippen LogP contribution in [0.25, 0.3) is 10.4 Å². The van der Waals surface area contributed by atoms with Gasteiger partial charge in [0, 0.05) is 0 Å². The maximum absolute atomic E-state index is 11.5. The summed E-state index contributed by atoms with van der Waals surface area (Å²) in [6.45, 7) is 2.18. The maximum Gasteiger partial charge on any atom is 0.338 e. The van der Waals surface area contributed by atoms with E-state index < -0.39 is 0 Å². The van der Waals surface area contributed by atoms with E-state index in [4.69, 9.17) is 9.47 Å². The van der Waals surface area contributed by atoms with Crippen molar-refractivity contribution in [3.63, 3.8) is 0 Å². The summed E-state index contributed by atoms with van der Waals surface area (Å²) < 4.78 is 10.2. The van der Waals surface area contributed by atoms with Crippen molar-refractivity contribution in [2.75, 3.05) is 13.7 Å². The van der Waals surface area contributed by atoms with Crippen molar-refractivity contribution in [1.29, 1.82) is 0 Å². The minimum absolute atomic E-state index is 0.290. The molecular formula is C14H14O3S. The Morgan fingerprint density at radius 3 is 2.56 bits per heavy atom. The fraction of sp³-hybridized carbons (Fsp3) is 0.214. The fourth-order valence-electron chi connectivity index (χ4n) is 1.64. The summed E-state index contributed by atoms with van der Waals surface area (Å²) in [5.74, 6) is 0.561. The Morgan fingerprint density at radius 1 is 1.22 bits per heavy atom. The predicted octanol–water partition coefficient (Wildman–Crippen LogP) is 3.60. The van der Waals surface area contributed by atoms with Crippen molar-refractivity contribution in [3.05, 3.63) is 41.3 Å². The van der Waals surface area contributed by atoms with Gasteiger partial charge in [0.25, 0.3) is 0 Å². The molecule has 0 saturated heterocycles. The normalized spacial score (nSPS) is 10.1. The average Bonchev–Trinajstić information content (AvgIpc) is 2.87. The Balaban J connectivity index is 2.25. The second kappa shape index (κ2) is 5.69. The van der Waals surface area contributed by atoms with E-state index >= 15 is 0 Å². The molecule has 0 saturated carbocycles. The molecule has 1 aromatic heterocycles. The van der Waals surface area contributed by atoms with Crippen molar-refractivity contribution >= 4 is 17.3 Å². The van der Waals surface area contributed by atoms with Gasteiger partial charge in [-0.1, -0.05) is 12.1 Å². The Morgan fingerprint density at radius 2 is 1.94 bits per heavy atom. The summed E-state index contributed by atoms with van der Waals surface area (Å²) in [5.41, 5.74) is 1.60. The predicted molar refractivity (Wildman–Crippen MR) is 72.3 cm³/mol. The van der Waals surface area contributed by atoms with Crippen LogP contribution < -0.4 is 4.74 Å². The molecule has 1 heterocycles. The molecule has 4 heteroatoms. The van der Waals surface area contributed by atoms with E-state index in [1.807, 2.05) is 23.6 Å².